The largest absolute Gasteiger partial charge is 0.491 e. The highest BCUT2D eigenvalue weighted by Gasteiger charge is 2.08. The topological polar surface area (TPSA) is 33.3 Å². The Bertz CT molecular complexity index is 694. The second kappa shape index (κ2) is 7.87. The molecule has 0 saturated carbocycles. The molecule has 0 bridgehead atoms. The fourth-order valence-corrected chi connectivity index (χ4v) is 2.26. The maximum absolute atomic E-state index is 13.1. The molecule has 0 unspecified atom stereocenters. The van der Waals surface area contributed by atoms with Gasteiger partial charge < -0.3 is 15.4 Å². The second-order valence-corrected chi connectivity index (χ2v) is 5.61. The summed E-state index contributed by atoms with van der Waals surface area (Å²) in [5.74, 6) is -0.996. The van der Waals surface area contributed by atoms with Crippen molar-refractivity contribution in [2.75, 3.05) is 11.9 Å². The Morgan fingerprint density at radius 1 is 1.17 bits per heavy atom. The molecule has 23 heavy (non-hydrogen) atoms. The van der Waals surface area contributed by atoms with Crippen LogP contribution in [0.1, 0.15) is 12.5 Å². The highest BCUT2D eigenvalue weighted by Crippen LogP contribution is 2.16. The van der Waals surface area contributed by atoms with Gasteiger partial charge in [0, 0.05) is 11.8 Å². The molecule has 1 atom stereocenters. The average Bonchev–Trinajstić information content (AvgIpc) is 2.50. The molecule has 0 spiro atoms. The summed E-state index contributed by atoms with van der Waals surface area (Å²) < 4.78 is 31.7. The first-order valence-electron chi connectivity index (χ1n) is 7.16. The average molecular weight is 336 g/mol. The van der Waals surface area contributed by atoms with Gasteiger partial charge in [0.15, 0.2) is 16.7 Å². The first-order valence-corrected chi connectivity index (χ1v) is 7.57. The summed E-state index contributed by atoms with van der Waals surface area (Å²) in [6.45, 7) is 4.31. The van der Waals surface area contributed by atoms with E-state index in [9.17, 15) is 8.78 Å². The van der Waals surface area contributed by atoms with E-state index in [1.807, 2.05) is 38.1 Å². The SMILES string of the molecule is Cc1ccccc1OC[C@@H](C)NC(=S)Nc1ccc(F)c(F)c1. The normalized spacial score (nSPS) is 11.7. The van der Waals surface area contributed by atoms with Crippen LogP contribution in [0, 0.1) is 18.6 Å². The van der Waals surface area contributed by atoms with Gasteiger partial charge in [0.25, 0.3) is 0 Å². The van der Waals surface area contributed by atoms with E-state index in [-0.39, 0.29) is 6.04 Å². The predicted molar refractivity (Wildman–Crippen MR) is 91.9 cm³/mol. The Morgan fingerprint density at radius 3 is 2.61 bits per heavy atom. The monoisotopic (exact) mass is 336 g/mol. The van der Waals surface area contributed by atoms with Crippen molar-refractivity contribution in [3.05, 3.63) is 59.7 Å². The summed E-state index contributed by atoms with van der Waals surface area (Å²) >= 11 is 5.15. The number of benzene rings is 2. The maximum atomic E-state index is 13.1. The summed E-state index contributed by atoms with van der Waals surface area (Å²) in [7, 11) is 0. The lowest BCUT2D eigenvalue weighted by molar-refractivity contribution is 0.285. The lowest BCUT2D eigenvalue weighted by Crippen LogP contribution is -2.39. The zero-order valence-electron chi connectivity index (χ0n) is 12.9. The Morgan fingerprint density at radius 2 is 1.91 bits per heavy atom. The highest BCUT2D eigenvalue weighted by molar-refractivity contribution is 7.80. The van der Waals surface area contributed by atoms with Gasteiger partial charge in [-0.15, -0.1) is 0 Å². The Labute approximate surface area is 139 Å². The summed E-state index contributed by atoms with van der Waals surface area (Å²) in [5, 5.41) is 6.16. The number of nitrogens with one attached hydrogen (secondary N) is 2. The van der Waals surface area contributed by atoms with Crippen molar-refractivity contribution in [3.63, 3.8) is 0 Å². The minimum Gasteiger partial charge on any atom is -0.491 e. The lowest BCUT2D eigenvalue weighted by Gasteiger charge is -2.18. The molecule has 0 heterocycles. The van der Waals surface area contributed by atoms with Crippen LogP contribution in [0.5, 0.6) is 5.75 Å². The molecule has 0 aliphatic heterocycles. The molecular formula is C17H18F2N2OS. The van der Waals surface area contributed by atoms with Crippen molar-refractivity contribution in [2.45, 2.75) is 19.9 Å². The van der Waals surface area contributed by atoms with Crippen LogP contribution in [0.2, 0.25) is 0 Å². The standard InChI is InChI=1S/C17H18F2N2OS/c1-11-5-3-4-6-16(11)22-10-12(2)20-17(23)21-13-7-8-14(18)15(19)9-13/h3-9,12H,10H2,1-2H3,(H2,20,21,23)/t12-/m1/s1. The van der Waals surface area contributed by atoms with Crippen molar-refractivity contribution in [3.8, 4) is 5.75 Å². The first-order chi connectivity index (χ1) is 11.0. The zero-order valence-corrected chi connectivity index (χ0v) is 13.7. The molecule has 0 radical (unpaired) electrons. The molecular weight excluding hydrogens is 318 g/mol. The number of aryl methyl sites for hydroxylation is 1. The molecule has 0 amide bonds. The number of hydrogen-bond acceptors (Lipinski definition) is 2. The zero-order chi connectivity index (χ0) is 16.8. The van der Waals surface area contributed by atoms with Crippen LogP contribution in [0.25, 0.3) is 0 Å². The van der Waals surface area contributed by atoms with Crippen molar-refractivity contribution in [2.24, 2.45) is 0 Å². The molecule has 2 N–H and O–H groups in total. The van der Waals surface area contributed by atoms with E-state index in [1.54, 1.807) is 0 Å². The third-order valence-corrected chi connectivity index (χ3v) is 3.36. The lowest BCUT2D eigenvalue weighted by atomic mass is 10.2. The van der Waals surface area contributed by atoms with Crippen molar-refractivity contribution >= 4 is 23.0 Å². The minimum absolute atomic E-state index is 0.0556. The van der Waals surface area contributed by atoms with Gasteiger partial charge >= 0.3 is 0 Å². The van der Waals surface area contributed by atoms with E-state index in [0.717, 1.165) is 23.4 Å². The number of ether oxygens (including phenoxy) is 1. The van der Waals surface area contributed by atoms with Crippen LogP contribution in [-0.4, -0.2) is 17.8 Å². The van der Waals surface area contributed by atoms with Crippen molar-refractivity contribution in [1.29, 1.82) is 0 Å². The molecule has 2 aromatic carbocycles. The Kier molecular flexibility index (Phi) is 5.87. The van der Waals surface area contributed by atoms with Gasteiger partial charge in [-0.2, -0.15) is 0 Å². The summed E-state index contributed by atoms with van der Waals surface area (Å²) in [6.07, 6.45) is 0. The molecule has 0 saturated heterocycles. The number of hydrogen-bond donors (Lipinski definition) is 2. The fourth-order valence-electron chi connectivity index (χ4n) is 1.94. The third kappa shape index (κ3) is 5.17. The van der Waals surface area contributed by atoms with Gasteiger partial charge in [0.2, 0.25) is 0 Å². The molecule has 0 aromatic heterocycles. The number of thiocarbonyl (C=S) groups is 1. The molecule has 2 aromatic rings. The number of para-hydroxylation sites is 1. The van der Waals surface area contributed by atoms with Gasteiger partial charge in [0.05, 0.1) is 6.04 Å². The van der Waals surface area contributed by atoms with Crippen LogP contribution in [0.4, 0.5) is 14.5 Å². The van der Waals surface area contributed by atoms with E-state index in [0.29, 0.717) is 17.4 Å². The molecule has 0 aliphatic rings. The van der Waals surface area contributed by atoms with Crippen molar-refractivity contribution < 1.29 is 13.5 Å². The molecule has 0 aliphatic carbocycles. The molecule has 0 fully saturated rings. The number of anilines is 1. The van der Waals surface area contributed by atoms with Crippen LogP contribution < -0.4 is 15.4 Å². The van der Waals surface area contributed by atoms with Crippen LogP contribution in [0.15, 0.2) is 42.5 Å². The fraction of sp³-hybridized carbons (Fsp3) is 0.235. The van der Waals surface area contributed by atoms with E-state index in [4.69, 9.17) is 17.0 Å². The van der Waals surface area contributed by atoms with Gasteiger partial charge in [-0.1, -0.05) is 18.2 Å². The van der Waals surface area contributed by atoms with Crippen LogP contribution in [0.3, 0.4) is 0 Å². The Balaban J connectivity index is 1.82. The summed E-state index contributed by atoms with van der Waals surface area (Å²) in [4.78, 5) is 0. The van der Waals surface area contributed by atoms with E-state index < -0.39 is 11.6 Å². The van der Waals surface area contributed by atoms with Gasteiger partial charge in [-0.05, 0) is 49.8 Å². The van der Waals surface area contributed by atoms with Crippen molar-refractivity contribution in [1.82, 2.24) is 5.32 Å². The van der Waals surface area contributed by atoms with E-state index in [2.05, 4.69) is 10.6 Å². The van der Waals surface area contributed by atoms with Crippen LogP contribution >= 0.6 is 12.2 Å². The third-order valence-electron chi connectivity index (χ3n) is 3.14. The summed E-state index contributed by atoms with van der Waals surface area (Å²) in [6, 6.07) is 11.2. The molecule has 122 valence electrons. The molecule has 6 heteroatoms. The maximum Gasteiger partial charge on any atom is 0.171 e. The molecule has 2 rings (SSSR count). The highest BCUT2D eigenvalue weighted by atomic mass is 32.1. The summed E-state index contributed by atoms with van der Waals surface area (Å²) in [5.41, 5.74) is 1.44. The first kappa shape index (κ1) is 17.1. The predicted octanol–water partition coefficient (Wildman–Crippen LogP) is 4.03. The Hall–Kier alpha value is -2.21. The van der Waals surface area contributed by atoms with Gasteiger partial charge in [-0.3, -0.25) is 0 Å². The van der Waals surface area contributed by atoms with Crippen LogP contribution in [-0.2, 0) is 0 Å². The number of rotatable bonds is 5. The van der Waals surface area contributed by atoms with Gasteiger partial charge in [-0.25, -0.2) is 8.78 Å². The minimum atomic E-state index is -0.922. The van der Waals surface area contributed by atoms with E-state index in [1.165, 1.54) is 6.07 Å². The number of halogens is 2. The second-order valence-electron chi connectivity index (χ2n) is 5.20. The quantitative estimate of drug-likeness (QED) is 0.808. The molecule has 3 nitrogen and oxygen atoms in total. The van der Waals surface area contributed by atoms with E-state index >= 15 is 0 Å². The van der Waals surface area contributed by atoms with Gasteiger partial charge in [0.1, 0.15) is 12.4 Å². The smallest absolute Gasteiger partial charge is 0.171 e.